The fraction of sp³-hybridized carbons (Fsp3) is 0.351. The Morgan fingerprint density at radius 1 is 0.460 bits per heavy atom. The molecule has 0 saturated carbocycles. The number of aromatic hydroxyl groups is 4. The maximum Gasteiger partial charge on any atom is 0.340 e. The van der Waals surface area contributed by atoms with Gasteiger partial charge in [-0.25, -0.2) is 9.59 Å². The number of ketones is 4. The molecule has 1 fully saturated rings. The SMILES string of the molecule is CS.CSC1CC(=O)N(CCC(=O)CCCOCCOCCC(=O)Cc2ccc3c(c2)C2(OC3=O)c3ccc(O)cc3Oc3cc(O)ccc32)C1=O.O=C(CCCOCCOCCC(=O)Cc1ccc2c(c1)C1(OC2=O)c2ccc(O)cc2Oc2cc(O)ccc21)CCN1C(=O)C=CC1=O. The molecule has 6 aromatic carbocycles. The molecule has 524 valence electrons. The van der Waals surface area contributed by atoms with Crippen molar-refractivity contribution in [3.63, 3.8) is 0 Å². The Labute approximate surface area is 584 Å². The molecule has 0 radical (unpaired) electrons. The zero-order valence-electron chi connectivity index (χ0n) is 54.9. The Hall–Kier alpha value is -9.70. The highest BCUT2D eigenvalue weighted by molar-refractivity contribution is 8.00. The molecule has 0 aliphatic carbocycles. The molecule has 6 aromatic rings. The number of thioether (sulfide) groups is 1. The highest BCUT2D eigenvalue weighted by atomic mass is 32.2. The zero-order valence-corrected chi connectivity index (χ0v) is 56.6. The van der Waals surface area contributed by atoms with Crippen molar-refractivity contribution in [3.05, 3.63) is 177 Å². The summed E-state index contributed by atoms with van der Waals surface area (Å²) in [6.07, 6.45) is 8.45. The number of rotatable bonds is 31. The van der Waals surface area contributed by atoms with Crippen LogP contribution in [0.4, 0.5) is 0 Å². The molecule has 4 N–H and O–H groups in total. The van der Waals surface area contributed by atoms with Crippen molar-refractivity contribution in [2.45, 2.75) is 87.1 Å². The second-order valence-electron chi connectivity index (χ2n) is 24.0. The van der Waals surface area contributed by atoms with E-state index in [4.69, 9.17) is 37.9 Å². The molecule has 0 bridgehead atoms. The highest BCUT2D eigenvalue weighted by Gasteiger charge is 2.55. The van der Waals surface area contributed by atoms with Crippen LogP contribution in [-0.2, 0) is 90.8 Å². The van der Waals surface area contributed by atoms with Gasteiger partial charge >= 0.3 is 11.9 Å². The van der Waals surface area contributed by atoms with Gasteiger partial charge in [-0.2, -0.15) is 24.4 Å². The van der Waals surface area contributed by atoms with E-state index in [2.05, 4.69) is 12.6 Å². The van der Waals surface area contributed by atoms with Gasteiger partial charge in [-0.1, -0.05) is 12.1 Å². The smallest absolute Gasteiger partial charge is 0.340 e. The molecule has 1 saturated heterocycles. The van der Waals surface area contributed by atoms with Crippen molar-refractivity contribution >= 4 is 83.1 Å². The van der Waals surface area contributed by atoms with E-state index in [0.717, 1.165) is 4.90 Å². The average molecular weight is 1410 g/mol. The van der Waals surface area contributed by atoms with Crippen LogP contribution in [-0.4, -0.2) is 173 Å². The van der Waals surface area contributed by atoms with E-state index < -0.39 is 35.0 Å². The average Bonchev–Trinajstić information content (AvgIpc) is 1.48. The molecule has 100 heavy (non-hydrogen) atoms. The summed E-state index contributed by atoms with van der Waals surface area (Å²) in [5.41, 5.74) is 2.30. The number of benzene rings is 6. The van der Waals surface area contributed by atoms with Crippen LogP contribution in [0.25, 0.3) is 0 Å². The molecular weight excluding hydrogens is 1330 g/mol. The molecule has 6 aliphatic rings. The molecule has 24 nitrogen and oxygen atoms in total. The molecule has 26 heteroatoms. The third-order valence-electron chi connectivity index (χ3n) is 17.4. The standard InChI is InChI=1S/C37H37NO11S.C36H33NO11.CH4S/c1-50-33-21-34(43)38(35(33)44)12-10-23(39)3-2-13-46-15-16-47-14-11-26(42)17-22-4-7-27-30(18-22)37(49-36(27)45)28-8-5-24(40)19-31(28)48-32-20-25(41)6-9-29(32)37;38-23(11-13-37-33(42)9-10-34(37)43)2-1-14-45-16-17-46-15-12-26(41)18-22-3-6-27-30(19-22)36(48-35(27)44)28-7-4-24(39)20-31(28)47-32-21-25(40)5-8-29(32)36;1-2/h4-9,18-20,33,40-41H,2-3,10-17,21H2,1H3;3-10,19-21,39-40H,1-2,11-18H2;2H,1H3. The van der Waals surface area contributed by atoms with Crippen LogP contribution in [0, 0.1) is 0 Å². The summed E-state index contributed by atoms with van der Waals surface area (Å²) in [7, 11) is 0. The minimum atomic E-state index is -1.40. The van der Waals surface area contributed by atoms with E-state index in [1.165, 1.54) is 77.3 Å². The van der Waals surface area contributed by atoms with E-state index in [1.54, 1.807) is 73.2 Å². The molecule has 2 spiro atoms. The van der Waals surface area contributed by atoms with Crippen molar-refractivity contribution in [2.75, 3.05) is 78.5 Å². The number of thiol groups is 1. The van der Waals surface area contributed by atoms with Gasteiger partial charge in [0.25, 0.3) is 11.8 Å². The third kappa shape index (κ3) is 16.3. The molecular formula is C74H74N2O22S2. The molecule has 12 rings (SSSR count). The van der Waals surface area contributed by atoms with Crippen molar-refractivity contribution < 1.29 is 106 Å². The molecule has 6 heterocycles. The maximum absolute atomic E-state index is 13.2. The quantitative estimate of drug-likeness (QED) is 0.0117. The lowest BCUT2D eigenvalue weighted by Crippen LogP contribution is -2.33. The summed E-state index contributed by atoms with van der Waals surface area (Å²) in [6, 6.07) is 28.4. The summed E-state index contributed by atoms with van der Waals surface area (Å²) >= 11 is 4.87. The number of amides is 4. The number of fused-ring (bicyclic) bond motifs is 12. The zero-order chi connectivity index (χ0) is 71.3. The number of ether oxygens (including phenoxy) is 8. The van der Waals surface area contributed by atoms with Gasteiger partial charge in [-0.3, -0.25) is 48.2 Å². The van der Waals surface area contributed by atoms with E-state index in [0.29, 0.717) is 101 Å². The van der Waals surface area contributed by atoms with Crippen LogP contribution in [0.3, 0.4) is 0 Å². The highest BCUT2D eigenvalue weighted by Crippen LogP contribution is 2.59. The van der Waals surface area contributed by atoms with E-state index in [9.17, 15) is 68.4 Å². The van der Waals surface area contributed by atoms with Crippen LogP contribution in [0.5, 0.6) is 46.0 Å². The monoisotopic (exact) mass is 1410 g/mol. The Balaban J connectivity index is 0.000000211. The first-order valence-corrected chi connectivity index (χ1v) is 34.6. The Kier molecular flexibility index (Phi) is 24.1. The first-order valence-electron chi connectivity index (χ1n) is 32.4. The first kappa shape index (κ1) is 73.0. The number of nitrogens with zero attached hydrogens (tertiary/aromatic N) is 2. The summed E-state index contributed by atoms with van der Waals surface area (Å²) in [4.78, 5) is 126. The maximum atomic E-state index is 13.2. The fourth-order valence-corrected chi connectivity index (χ4v) is 13.2. The second-order valence-corrected chi connectivity index (χ2v) is 25.0. The van der Waals surface area contributed by atoms with Gasteiger partial charge in [0.15, 0.2) is 11.2 Å². The predicted molar refractivity (Wildman–Crippen MR) is 363 cm³/mol. The lowest BCUT2D eigenvalue weighted by Gasteiger charge is -2.36. The van der Waals surface area contributed by atoms with Gasteiger partial charge in [0.05, 0.1) is 56.0 Å². The van der Waals surface area contributed by atoms with Crippen LogP contribution in [0.15, 0.2) is 121 Å². The van der Waals surface area contributed by atoms with Gasteiger partial charge in [0, 0.05) is 154 Å². The Bertz CT molecular complexity index is 4080. The lowest BCUT2D eigenvalue weighted by molar-refractivity contribution is -0.139. The topological polar surface area (TPSA) is 332 Å². The number of hydrogen-bond acceptors (Lipinski definition) is 24. The van der Waals surface area contributed by atoms with Crippen molar-refractivity contribution in [1.29, 1.82) is 0 Å². The van der Waals surface area contributed by atoms with Gasteiger partial charge < -0.3 is 58.3 Å². The normalized spacial score (nSPS) is 15.8. The second kappa shape index (κ2) is 33.0. The number of phenols is 4. The first-order chi connectivity index (χ1) is 48.3. The Morgan fingerprint density at radius 2 is 0.830 bits per heavy atom. The predicted octanol–water partition coefficient (Wildman–Crippen LogP) is 8.84. The number of hydrogen-bond donors (Lipinski definition) is 5. The summed E-state index contributed by atoms with van der Waals surface area (Å²) in [5, 5.41) is 40.2. The molecule has 1 unspecified atom stereocenters. The summed E-state index contributed by atoms with van der Waals surface area (Å²) in [6.45, 7) is 2.48. The minimum absolute atomic E-state index is 0.0304. The number of imide groups is 2. The largest absolute Gasteiger partial charge is 0.508 e. The number of likely N-dealkylation sites (tertiary alicyclic amines) is 1. The molecule has 1 atom stereocenters. The Morgan fingerprint density at radius 3 is 1.20 bits per heavy atom. The van der Waals surface area contributed by atoms with Crippen molar-refractivity contribution in [2.24, 2.45) is 0 Å². The van der Waals surface area contributed by atoms with E-state index in [1.807, 2.05) is 0 Å². The molecule has 6 aliphatic heterocycles. The van der Waals surface area contributed by atoms with Gasteiger partial charge in [0.1, 0.15) is 69.1 Å². The van der Waals surface area contributed by atoms with Crippen molar-refractivity contribution in [3.8, 4) is 46.0 Å². The summed E-state index contributed by atoms with van der Waals surface area (Å²) in [5.74, 6) is -1.63. The summed E-state index contributed by atoms with van der Waals surface area (Å²) < 4.78 is 46.3. The van der Waals surface area contributed by atoms with Crippen LogP contribution >= 0.6 is 24.4 Å². The number of carbonyl (C=O) groups excluding carboxylic acids is 10. The van der Waals surface area contributed by atoms with Crippen LogP contribution in [0.2, 0.25) is 0 Å². The molecule has 4 amide bonds. The van der Waals surface area contributed by atoms with Crippen LogP contribution in [0.1, 0.15) is 123 Å². The van der Waals surface area contributed by atoms with E-state index >= 15 is 0 Å². The van der Waals surface area contributed by atoms with E-state index in [-0.39, 0.29) is 177 Å². The van der Waals surface area contributed by atoms with Gasteiger partial charge in [0.2, 0.25) is 11.8 Å². The minimum Gasteiger partial charge on any atom is -0.508 e. The van der Waals surface area contributed by atoms with Crippen molar-refractivity contribution in [1.82, 2.24) is 9.80 Å². The number of phenolic OH excluding ortho intramolecular Hbond substituents is 4. The number of carbonyl (C=O) groups is 10. The number of Topliss-reactive ketones (excluding diaryl/α,β-unsaturated/α-hetero) is 4. The molecule has 0 aromatic heterocycles. The fourth-order valence-electron chi connectivity index (χ4n) is 12.5. The lowest BCUT2D eigenvalue weighted by atomic mass is 9.77. The van der Waals surface area contributed by atoms with Gasteiger partial charge in [-0.15, -0.1) is 0 Å². The van der Waals surface area contributed by atoms with Crippen LogP contribution < -0.4 is 9.47 Å². The third-order valence-corrected chi connectivity index (χ3v) is 18.3. The van der Waals surface area contributed by atoms with Gasteiger partial charge in [-0.05, 0) is 109 Å². The number of esters is 2.